The van der Waals surface area contributed by atoms with Gasteiger partial charge in [0.05, 0.1) is 6.10 Å². The van der Waals surface area contributed by atoms with Crippen LogP contribution in [0.3, 0.4) is 0 Å². The Hall–Kier alpha value is -0.0400. The van der Waals surface area contributed by atoms with E-state index in [2.05, 4.69) is 0 Å². The minimum atomic E-state index is 0.0775. The molecule has 0 saturated heterocycles. The van der Waals surface area contributed by atoms with Gasteiger partial charge in [0.2, 0.25) is 0 Å². The summed E-state index contributed by atoms with van der Waals surface area (Å²) in [7, 11) is 0. The lowest BCUT2D eigenvalue weighted by molar-refractivity contribution is -0.319. The molecule has 0 aromatic heterocycles. The van der Waals surface area contributed by atoms with Gasteiger partial charge in [0.1, 0.15) is 0 Å². The van der Waals surface area contributed by atoms with Crippen LogP contribution in [0.25, 0.3) is 0 Å². The second-order valence-electron chi connectivity index (χ2n) is 9.52. The van der Waals surface area contributed by atoms with Crippen LogP contribution in [0.1, 0.15) is 83.5 Å². The largest absolute Gasteiger partial charge is 0.392 e. The normalized spacial score (nSPS) is 45.1. The smallest absolute Gasteiger partial charge is 0.0663 e. The van der Waals surface area contributed by atoms with Crippen LogP contribution in [0, 0.1) is 27.1 Å². The SMILES string of the molecule is OC1C2(CCC2)C2(CC2)C2(CCC2)C2(CC2)C12CCC2. The predicted molar refractivity (Wildman–Crippen MR) is 78.2 cm³/mol. The maximum absolute atomic E-state index is 11.6. The first-order chi connectivity index (χ1) is 9.69. The van der Waals surface area contributed by atoms with Crippen LogP contribution in [-0.2, 0) is 0 Å². The van der Waals surface area contributed by atoms with Crippen LogP contribution >= 0.6 is 0 Å². The third-order valence-corrected chi connectivity index (χ3v) is 9.98. The maximum Gasteiger partial charge on any atom is 0.0663 e. The van der Waals surface area contributed by atoms with E-state index >= 15 is 0 Å². The van der Waals surface area contributed by atoms with Gasteiger partial charge < -0.3 is 5.11 Å². The molecular weight excluding hydrogens is 244 g/mol. The Morgan fingerprint density at radius 1 is 0.500 bits per heavy atom. The number of hydrogen-bond acceptors (Lipinski definition) is 1. The molecule has 6 fully saturated rings. The number of aliphatic hydroxyl groups excluding tert-OH is 1. The van der Waals surface area contributed by atoms with Gasteiger partial charge in [-0.05, 0) is 80.5 Å². The minimum absolute atomic E-state index is 0.0775. The Kier molecular flexibility index (Phi) is 1.67. The maximum atomic E-state index is 11.6. The van der Waals surface area contributed by atoms with Crippen molar-refractivity contribution in [1.29, 1.82) is 0 Å². The Balaban J connectivity index is 1.60. The molecule has 0 unspecified atom stereocenters. The van der Waals surface area contributed by atoms with Crippen LogP contribution in [0.15, 0.2) is 0 Å². The molecule has 0 heterocycles. The molecule has 0 amide bonds. The molecule has 1 heteroatoms. The molecule has 1 N–H and O–H groups in total. The summed E-state index contributed by atoms with van der Waals surface area (Å²) in [6, 6.07) is 0. The first-order valence-corrected chi connectivity index (χ1v) is 9.37. The Labute approximate surface area is 122 Å². The van der Waals surface area contributed by atoms with Gasteiger partial charge in [-0.3, -0.25) is 0 Å². The summed E-state index contributed by atoms with van der Waals surface area (Å²) < 4.78 is 0. The molecule has 110 valence electrons. The van der Waals surface area contributed by atoms with Crippen molar-refractivity contribution in [1.82, 2.24) is 0 Å². The predicted octanol–water partition coefficient (Wildman–Crippen LogP) is 4.43. The van der Waals surface area contributed by atoms with Crippen LogP contribution < -0.4 is 0 Å². The van der Waals surface area contributed by atoms with E-state index in [0.29, 0.717) is 27.1 Å². The first-order valence-electron chi connectivity index (χ1n) is 9.37. The lowest BCUT2D eigenvalue weighted by atomic mass is 9.28. The van der Waals surface area contributed by atoms with Gasteiger partial charge in [-0.15, -0.1) is 0 Å². The van der Waals surface area contributed by atoms with Crippen LogP contribution in [0.4, 0.5) is 0 Å². The van der Waals surface area contributed by atoms with Crippen molar-refractivity contribution in [3.63, 3.8) is 0 Å². The highest BCUT2D eigenvalue weighted by Crippen LogP contribution is 2.94. The average molecular weight is 272 g/mol. The van der Waals surface area contributed by atoms with Gasteiger partial charge in [-0.25, -0.2) is 0 Å². The Morgan fingerprint density at radius 3 is 1.10 bits per heavy atom. The van der Waals surface area contributed by atoms with E-state index in [9.17, 15) is 5.11 Å². The number of fused-ring (bicyclic) bond motifs is 4. The molecule has 20 heavy (non-hydrogen) atoms. The fraction of sp³-hybridized carbons (Fsp3) is 1.00. The monoisotopic (exact) mass is 272 g/mol. The van der Waals surface area contributed by atoms with Crippen molar-refractivity contribution < 1.29 is 5.11 Å². The quantitative estimate of drug-likeness (QED) is 0.691. The standard InChI is InChI=1S/C19H28O/c20-14-15(4-1-5-15)17(10-11-17)19(8-3-9-19)18(12-13-18)16(14)6-2-7-16/h14,20H,1-13H2. The molecule has 0 aromatic carbocycles. The van der Waals surface area contributed by atoms with Crippen molar-refractivity contribution in [2.45, 2.75) is 89.6 Å². The molecule has 0 aliphatic heterocycles. The van der Waals surface area contributed by atoms with Crippen molar-refractivity contribution in [3.05, 3.63) is 0 Å². The first kappa shape index (κ1) is 11.5. The lowest BCUT2D eigenvalue weighted by Gasteiger charge is -2.77. The fourth-order valence-corrected chi connectivity index (χ4v) is 8.77. The molecule has 6 rings (SSSR count). The van der Waals surface area contributed by atoms with Crippen molar-refractivity contribution in [3.8, 4) is 0 Å². The molecule has 1 nitrogen and oxygen atoms in total. The van der Waals surface area contributed by atoms with Gasteiger partial charge in [0.15, 0.2) is 0 Å². The molecule has 0 aromatic rings. The summed E-state index contributed by atoms with van der Waals surface area (Å²) in [6.07, 6.45) is 18.8. The van der Waals surface area contributed by atoms with Gasteiger partial charge in [0, 0.05) is 10.8 Å². The van der Waals surface area contributed by atoms with E-state index < -0.39 is 0 Å². The molecule has 0 atom stereocenters. The number of rotatable bonds is 0. The second-order valence-corrected chi connectivity index (χ2v) is 9.52. The van der Waals surface area contributed by atoms with E-state index in [1.165, 1.54) is 83.5 Å². The van der Waals surface area contributed by atoms with E-state index in [4.69, 9.17) is 0 Å². The second kappa shape index (κ2) is 2.90. The van der Waals surface area contributed by atoms with Crippen LogP contribution in [0.5, 0.6) is 0 Å². The van der Waals surface area contributed by atoms with Crippen molar-refractivity contribution in [2.75, 3.05) is 0 Å². The third kappa shape index (κ3) is 0.769. The Bertz CT molecular complexity index is 444. The zero-order chi connectivity index (χ0) is 13.3. The van der Waals surface area contributed by atoms with E-state index in [-0.39, 0.29) is 6.10 Å². The zero-order valence-electron chi connectivity index (χ0n) is 12.7. The van der Waals surface area contributed by atoms with E-state index in [1.54, 1.807) is 0 Å². The van der Waals surface area contributed by atoms with E-state index in [1.807, 2.05) is 0 Å². The minimum Gasteiger partial charge on any atom is -0.392 e. The highest BCUT2D eigenvalue weighted by molar-refractivity contribution is 5.37. The molecule has 5 spiro atoms. The molecule has 0 bridgehead atoms. The number of aliphatic hydroxyl groups is 1. The summed E-state index contributed by atoms with van der Waals surface area (Å²) in [5.74, 6) is 0. The highest BCUT2D eigenvalue weighted by Gasteiger charge is 2.89. The summed E-state index contributed by atoms with van der Waals surface area (Å²) in [5.41, 5.74) is 2.73. The van der Waals surface area contributed by atoms with Crippen molar-refractivity contribution in [2.24, 2.45) is 27.1 Å². The number of hydrogen-bond donors (Lipinski definition) is 1. The van der Waals surface area contributed by atoms with Gasteiger partial charge in [-0.1, -0.05) is 19.3 Å². The molecule has 6 aliphatic rings. The zero-order valence-corrected chi connectivity index (χ0v) is 12.7. The summed E-state index contributed by atoms with van der Waals surface area (Å²) in [4.78, 5) is 0. The summed E-state index contributed by atoms with van der Waals surface area (Å²) >= 11 is 0. The van der Waals surface area contributed by atoms with Gasteiger partial charge in [-0.2, -0.15) is 0 Å². The Morgan fingerprint density at radius 2 is 0.900 bits per heavy atom. The lowest BCUT2D eigenvalue weighted by Crippen LogP contribution is -2.74. The molecule has 0 radical (unpaired) electrons. The topological polar surface area (TPSA) is 20.2 Å². The van der Waals surface area contributed by atoms with Gasteiger partial charge in [0.25, 0.3) is 0 Å². The third-order valence-electron chi connectivity index (χ3n) is 9.98. The fourth-order valence-electron chi connectivity index (χ4n) is 8.77. The van der Waals surface area contributed by atoms with Crippen molar-refractivity contribution >= 4 is 0 Å². The summed E-state index contributed by atoms with van der Waals surface area (Å²) in [5, 5.41) is 11.6. The van der Waals surface area contributed by atoms with Crippen LogP contribution in [-0.4, -0.2) is 11.2 Å². The van der Waals surface area contributed by atoms with Gasteiger partial charge >= 0.3 is 0 Å². The molecular formula is C19H28O. The average Bonchev–Trinajstić information content (AvgIpc) is 3.10. The highest BCUT2D eigenvalue weighted by atomic mass is 16.3. The van der Waals surface area contributed by atoms with Crippen LogP contribution in [0.2, 0.25) is 0 Å². The van der Waals surface area contributed by atoms with E-state index in [0.717, 1.165) is 0 Å². The summed E-state index contributed by atoms with van der Waals surface area (Å²) in [6.45, 7) is 0. The molecule has 6 aliphatic carbocycles. The molecule has 6 saturated carbocycles.